The van der Waals surface area contributed by atoms with E-state index in [-0.39, 0.29) is 10.8 Å². The van der Waals surface area contributed by atoms with Gasteiger partial charge in [-0.3, -0.25) is 4.57 Å². The molecule has 1 aliphatic heterocycles. The van der Waals surface area contributed by atoms with E-state index in [1.807, 2.05) is 34.9 Å². The van der Waals surface area contributed by atoms with Gasteiger partial charge in [0.1, 0.15) is 4.90 Å². The molecular weight excluding hydrogens is 504 g/mol. The molecule has 2 aromatic carbocycles. The number of sulfonamides is 1. The summed E-state index contributed by atoms with van der Waals surface area (Å²) in [7, 11) is -2.48. The number of nitrogens with one attached hydrogen (secondary N) is 1. The van der Waals surface area contributed by atoms with E-state index in [1.54, 1.807) is 33.0 Å². The van der Waals surface area contributed by atoms with Crippen LogP contribution in [0.2, 0.25) is 0 Å². The molecule has 5 rings (SSSR count). The highest BCUT2D eigenvalue weighted by Gasteiger charge is 2.27. The molecule has 0 spiro atoms. The fraction of sp³-hybridized carbons (Fsp3) is 0.333. The minimum absolute atomic E-state index is 0.0285. The zero-order chi connectivity index (χ0) is 27.1. The molecule has 2 aromatic heterocycles. The number of aromatic nitrogens is 3. The van der Waals surface area contributed by atoms with Crippen LogP contribution in [-0.4, -0.2) is 61.9 Å². The fourth-order valence-corrected chi connectivity index (χ4v) is 6.14. The van der Waals surface area contributed by atoms with Crippen molar-refractivity contribution in [1.82, 2.24) is 19.3 Å². The van der Waals surface area contributed by atoms with Gasteiger partial charge < -0.3 is 20.1 Å². The Bertz CT molecular complexity index is 1570. The Morgan fingerprint density at radius 3 is 2.34 bits per heavy atom. The van der Waals surface area contributed by atoms with Crippen molar-refractivity contribution in [1.29, 1.82) is 0 Å². The minimum atomic E-state index is -3.88. The molecule has 38 heavy (non-hydrogen) atoms. The molecule has 200 valence electrons. The molecule has 10 nitrogen and oxygen atoms in total. The molecule has 1 fully saturated rings. The van der Waals surface area contributed by atoms with E-state index in [2.05, 4.69) is 31.7 Å². The number of anilines is 2. The minimum Gasteiger partial charge on any atom is -0.480 e. The number of nitrogen functional groups attached to an aromatic ring is 1. The predicted molar refractivity (Wildman–Crippen MR) is 148 cm³/mol. The smallest absolute Gasteiger partial charge is 0.246 e. The lowest BCUT2D eigenvalue weighted by atomic mass is 10.1. The Kier molecular flexibility index (Phi) is 6.76. The Hall–Kier alpha value is -3.67. The van der Waals surface area contributed by atoms with E-state index in [1.165, 1.54) is 7.11 Å². The first-order valence-electron chi connectivity index (χ1n) is 12.4. The highest BCUT2D eigenvalue weighted by Crippen LogP contribution is 2.32. The Morgan fingerprint density at radius 2 is 1.68 bits per heavy atom. The molecule has 0 amide bonds. The second-order valence-corrected chi connectivity index (χ2v) is 11.9. The predicted octanol–water partition coefficient (Wildman–Crippen LogP) is 3.59. The standard InChI is InChI=1S/C27H32N6O4S/c1-27(2,3)31-38(34,35)24-16-19(17-29-25(24)36-4)18-5-10-22-23(15-18)33(26(28)30-22)21-8-6-20(7-9-21)32-11-13-37-14-12-32/h5-10,15-17,31H,11-14H2,1-4H3,(H2,28,30). The topological polar surface area (TPSA) is 125 Å². The van der Waals surface area contributed by atoms with Gasteiger partial charge in [-0.2, -0.15) is 0 Å². The second-order valence-electron chi connectivity index (χ2n) is 10.2. The van der Waals surface area contributed by atoms with Crippen molar-refractivity contribution in [3.05, 3.63) is 54.7 Å². The summed E-state index contributed by atoms with van der Waals surface area (Å²) in [5, 5.41) is 0. The summed E-state index contributed by atoms with van der Waals surface area (Å²) in [5.41, 5.74) is 10.6. The number of nitrogens with zero attached hydrogens (tertiary/aromatic N) is 4. The fourth-order valence-electron chi connectivity index (χ4n) is 4.57. The van der Waals surface area contributed by atoms with Crippen molar-refractivity contribution in [2.24, 2.45) is 0 Å². The Balaban J connectivity index is 1.55. The van der Waals surface area contributed by atoms with Crippen LogP contribution < -0.4 is 20.1 Å². The van der Waals surface area contributed by atoms with Crippen LogP contribution in [0.15, 0.2) is 59.6 Å². The quantitative estimate of drug-likeness (QED) is 0.383. The van der Waals surface area contributed by atoms with Crippen LogP contribution in [0.4, 0.5) is 11.6 Å². The van der Waals surface area contributed by atoms with Crippen LogP contribution in [0.3, 0.4) is 0 Å². The summed E-state index contributed by atoms with van der Waals surface area (Å²) in [6, 6.07) is 15.4. The third-order valence-electron chi connectivity index (χ3n) is 6.24. The molecule has 0 saturated carbocycles. The molecule has 0 atom stereocenters. The lowest BCUT2D eigenvalue weighted by molar-refractivity contribution is 0.122. The summed E-state index contributed by atoms with van der Waals surface area (Å²) in [5.74, 6) is 0.392. The van der Waals surface area contributed by atoms with Gasteiger partial charge in [-0.25, -0.2) is 23.1 Å². The highest BCUT2D eigenvalue weighted by atomic mass is 32.2. The van der Waals surface area contributed by atoms with Gasteiger partial charge in [0.2, 0.25) is 21.9 Å². The van der Waals surface area contributed by atoms with Crippen LogP contribution >= 0.6 is 0 Å². The molecule has 4 aromatic rings. The molecule has 0 bridgehead atoms. The number of fused-ring (bicyclic) bond motifs is 1. The SMILES string of the molecule is COc1ncc(-c2ccc3nc(N)n(-c4ccc(N5CCOCC5)cc4)c3c2)cc1S(=O)(=O)NC(C)(C)C. The van der Waals surface area contributed by atoms with Gasteiger partial charge in [0, 0.05) is 41.8 Å². The number of pyridine rings is 1. The van der Waals surface area contributed by atoms with Gasteiger partial charge in [-0.05, 0) is 68.8 Å². The molecule has 11 heteroatoms. The zero-order valence-electron chi connectivity index (χ0n) is 21.9. The molecule has 0 radical (unpaired) electrons. The first-order valence-corrected chi connectivity index (χ1v) is 13.8. The van der Waals surface area contributed by atoms with E-state index >= 15 is 0 Å². The van der Waals surface area contributed by atoms with E-state index in [9.17, 15) is 8.42 Å². The van der Waals surface area contributed by atoms with E-state index in [4.69, 9.17) is 15.2 Å². The molecule has 0 unspecified atom stereocenters. The number of hydrogen-bond donors (Lipinski definition) is 2. The monoisotopic (exact) mass is 536 g/mol. The average Bonchev–Trinajstić information content (AvgIpc) is 3.22. The van der Waals surface area contributed by atoms with Crippen LogP contribution in [-0.2, 0) is 14.8 Å². The highest BCUT2D eigenvalue weighted by molar-refractivity contribution is 7.89. The molecule has 1 aliphatic rings. The number of hydrogen-bond acceptors (Lipinski definition) is 8. The normalized spacial score (nSPS) is 14.7. The number of morpholine rings is 1. The van der Waals surface area contributed by atoms with Crippen molar-refractivity contribution >= 4 is 32.7 Å². The van der Waals surface area contributed by atoms with Crippen LogP contribution in [0, 0.1) is 0 Å². The van der Waals surface area contributed by atoms with Crippen molar-refractivity contribution < 1.29 is 17.9 Å². The van der Waals surface area contributed by atoms with Gasteiger partial charge in [0.05, 0.1) is 31.4 Å². The van der Waals surface area contributed by atoms with Crippen molar-refractivity contribution in [3.63, 3.8) is 0 Å². The summed E-state index contributed by atoms with van der Waals surface area (Å²) in [6.07, 6.45) is 1.59. The number of imidazole rings is 1. The Labute approximate surface area is 222 Å². The van der Waals surface area contributed by atoms with E-state index in [0.29, 0.717) is 11.5 Å². The first-order chi connectivity index (χ1) is 18.1. The zero-order valence-corrected chi connectivity index (χ0v) is 22.7. The van der Waals surface area contributed by atoms with Crippen LogP contribution in [0.1, 0.15) is 20.8 Å². The van der Waals surface area contributed by atoms with Crippen molar-refractivity contribution in [2.75, 3.05) is 44.0 Å². The van der Waals surface area contributed by atoms with Gasteiger partial charge in [-0.15, -0.1) is 0 Å². The van der Waals surface area contributed by atoms with Gasteiger partial charge in [0.15, 0.2) is 0 Å². The molecular formula is C27H32N6O4S. The van der Waals surface area contributed by atoms with Gasteiger partial charge in [-0.1, -0.05) is 6.07 Å². The van der Waals surface area contributed by atoms with E-state index < -0.39 is 15.6 Å². The third-order valence-corrected chi connectivity index (χ3v) is 7.99. The third kappa shape index (κ3) is 5.17. The molecule has 1 saturated heterocycles. The molecule has 3 N–H and O–H groups in total. The molecule has 0 aliphatic carbocycles. The average molecular weight is 537 g/mol. The second kappa shape index (κ2) is 9.90. The lowest BCUT2D eigenvalue weighted by Gasteiger charge is -2.29. The van der Waals surface area contributed by atoms with E-state index in [0.717, 1.165) is 54.3 Å². The summed E-state index contributed by atoms with van der Waals surface area (Å²) in [6.45, 7) is 8.50. The number of methoxy groups -OCH3 is 1. The summed E-state index contributed by atoms with van der Waals surface area (Å²) >= 11 is 0. The summed E-state index contributed by atoms with van der Waals surface area (Å²) in [4.78, 5) is 11.1. The largest absolute Gasteiger partial charge is 0.480 e. The number of nitrogens with two attached hydrogens (primary N) is 1. The van der Waals surface area contributed by atoms with Crippen LogP contribution in [0.5, 0.6) is 5.88 Å². The van der Waals surface area contributed by atoms with Crippen molar-refractivity contribution in [2.45, 2.75) is 31.2 Å². The lowest BCUT2D eigenvalue weighted by Crippen LogP contribution is -2.40. The van der Waals surface area contributed by atoms with Gasteiger partial charge >= 0.3 is 0 Å². The van der Waals surface area contributed by atoms with Gasteiger partial charge in [0.25, 0.3) is 0 Å². The summed E-state index contributed by atoms with van der Waals surface area (Å²) < 4.78 is 41.6. The molecule has 3 heterocycles. The van der Waals surface area contributed by atoms with Crippen molar-refractivity contribution in [3.8, 4) is 22.7 Å². The maximum atomic E-state index is 13.1. The van der Waals surface area contributed by atoms with Crippen LogP contribution in [0.25, 0.3) is 27.8 Å². The first kappa shape index (κ1) is 26.0. The maximum Gasteiger partial charge on any atom is 0.246 e. The number of benzene rings is 2. The number of ether oxygens (including phenoxy) is 2. The number of rotatable bonds is 6. The maximum absolute atomic E-state index is 13.1. The Morgan fingerprint density at radius 1 is 1.00 bits per heavy atom.